The fraction of sp³-hybridized carbons (Fsp3) is 0.250. The van der Waals surface area contributed by atoms with Gasteiger partial charge in [0.1, 0.15) is 5.82 Å². The normalized spacial score (nSPS) is 13.2. The maximum Gasteiger partial charge on any atom is 0.411 e. The molecule has 0 aliphatic rings. The van der Waals surface area contributed by atoms with Crippen LogP contribution >= 0.6 is 0 Å². The molecular formula is C16H11F7. The van der Waals surface area contributed by atoms with Crippen LogP contribution in [-0.2, 0) is 5.41 Å². The summed E-state index contributed by atoms with van der Waals surface area (Å²) in [6, 6.07) is 6.34. The minimum atomic E-state index is -5.70. The van der Waals surface area contributed by atoms with Gasteiger partial charge in [-0.25, -0.2) is 4.39 Å². The van der Waals surface area contributed by atoms with Crippen molar-refractivity contribution in [1.82, 2.24) is 0 Å². The van der Waals surface area contributed by atoms with Crippen molar-refractivity contribution in [1.29, 1.82) is 0 Å². The SMILES string of the molecule is Cc1ccc(C(c2cccc(F)c2)(C(F)(F)F)C(F)(F)F)cc1. The van der Waals surface area contributed by atoms with Crippen LogP contribution in [0.1, 0.15) is 16.7 Å². The van der Waals surface area contributed by atoms with Crippen LogP contribution in [0.15, 0.2) is 48.5 Å². The largest absolute Gasteiger partial charge is 0.411 e. The summed E-state index contributed by atoms with van der Waals surface area (Å²) in [6.45, 7) is 1.54. The molecule has 0 heterocycles. The summed E-state index contributed by atoms with van der Waals surface area (Å²) in [5, 5.41) is 0. The molecule has 0 atom stereocenters. The molecule has 0 amide bonds. The Hall–Kier alpha value is -2.05. The van der Waals surface area contributed by atoms with Crippen molar-refractivity contribution in [2.75, 3.05) is 0 Å². The number of rotatable bonds is 2. The first-order chi connectivity index (χ1) is 10.5. The zero-order chi connectivity index (χ0) is 17.5. The zero-order valence-electron chi connectivity index (χ0n) is 11.8. The highest BCUT2D eigenvalue weighted by Crippen LogP contribution is 2.56. The summed E-state index contributed by atoms with van der Waals surface area (Å²) in [5.74, 6) is -1.17. The van der Waals surface area contributed by atoms with Gasteiger partial charge in [0.25, 0.3) is 0 Å². The lowest BCUT2D eigenvalue weighted by Crippen LogP contribution is -2.54. The summed E-state index contributed by atoms with van der Waals surface area (Å²) < 4.78 is 95.1. The van der Waals surface area contributed by atoms with Gasteiger partial charge >= 0.3 is 12.4 Å². The van der Waals surface area contributed by atoms with Crippen molar-refractivity contribution in [2.24, 2.45) is 0 Å². The lowest BCUT2D eigenvalue weighted by atomic mass is 9.72. The van der Waals surface area contributed by atoms with Crippen molar-refractivity contribution in [3.05, 3.63) is 71.0 Å². The first-order valence-corrected chi connectivity index (χ1v) is 6.47. The Morgan fingerprint density at radius 2 is 1.22 bits per heavy atom. The summed E-state index contributed by atoms with van der Waals surface area (Å²) in [5.41, 5.74) is -6.00. The Morgan fingerprint density at radius 1 is 0.696 bits per heavy atom. The van der Waals surface area contributed by atoms with Gasteiger partial charge in [-0.1, -0.05) is 42.0 Å². The van der Waals surface area contributed by atoms with E-state index in [1.165, 1.54) is 6.92 Å². The van der Waals surface area contributed by atoms with Crippen molar-refractivity contribution in [2.45, 2.75) is 24.7 Å². The van der Waals surface area contributed by atoms with Crippen molar-refractivity contribution in [3.8, 4) is 0 Å². The third-order valence-corrected chi connectivity index (χ3v) is 3.59. The maximum absolute atomic E-state index is 13.6. The molecular weight excluding hydrogens is 325 g/mol. The first kappa shape index (κ1) is 17.3. The second kappa shape index (κ2) is 5.54. The molecule has 2 rings (SSSR count). The minimum absolute atomic E-state index is 0.265. The topological polar surface area (TPSA) is 0 Å². The summed E-state index contributed by atoms with van der Waals surface area (Å²) in [7, 11) is 0. The molecule has 0 bridgehead atoms. The van der Waals surface area contributed by atoms with Gasteiger partial charge in [0.15, 0.2) is 0 Å². The molecule has 0 fully saturated rings. The molecule has 0 unspecified atom stereocenters. The standard InChI is InChI=1S/C16H11F7/c1-10-5-7-11(8-6-10)14(15(18,19)20,16(21,22)23)12-3-2-4-13(17)9-12/h2-9H,1H3. The van der Waals surface area contributed by atoms with Gasteiger partial charge in [0, 0.05) is 0 Å². The van der Waals surface area contributed by atoms with Crippen LogP contribution < -0.4 is 0 Å². The Labute approximate surface area is 127 Å². The lowest BCUT2D eigenvalue weighted by molar-refractivity contribution is -0.288. The first-order valence-electron chi connectivity index (χ1n) is 6.47. The minimum Gasteiger partial charge on any atom is -0.207 e. The van der Waals surface area contributed by atoms with Crippen LogP contribution in [0.25, 0.3) is 0 Å². The van der Waals surface area contributed by atoms with E-state index in [0.29, 0.717) is 11.6 Å². The number of halogens is 7. The van der Waals surface area contributed by atoms with E-state index in [1.54, 1.807) is 0 Å². The van der Waals surface area contributed by atoms with Crippen LogP contribution in [-0.4, -0.2) is 12.4 Å². The number of benzene rings is 2. The van der Waals surface area contributed by atoms with Crippen LogP contribution in [0.3, 0.4) is 0 Å². The molecule has 0 radical (unpaired) electrons. The van der Waals surface area contributed by atoms with E-state index < -0.39 is 34.7 Å². The number of aryl methyl sites for hydroxylation is 1. The Balaban J connectivity index is 2.90. The fourth-order valence-electron chi connectivity index (χ4n) is 2.51. The Morgan fingerprint density at radius 3 is 1.65 bits per heavy atom. The molecule has 0 saturated carbocycles. The molecule has 0 aromatic heterocycles. The molecule has 0 aliphatic heterocycles. The van der Waals surface area contributed by atoms with Crippen LogP contribution in [0, 0.1) is 12.7 Å². The summed E-state index contributed by atoms with van der Waals surface area (Å²) in [6.07, 6.45) is -11.4. The quantitative estimate of drug-likeness (QED) is 0.631. The second-order valence-electron chi connectivity index (χ2n) is 5.12. The van der Waals surface area contributed by atoms with Crippen LogP contribution in [0.4, 0.5) is 30.7 Å². The molecule has 0 spiro atoms. The van der Waals surface area contributed by atoms with E-state index in [0.717, 1.165) is 36.4 Å². The number of alkyl halides is 6. The molecule has 23 heavy (non-hydrogen) atoms. The smallest absolute Gasteiger partial charge is 0.207 e. The van der Waals surface area contributed by atoms with Crippen molar-refractivity contribution < 1.29 is 30.7 Å². The average Bonchev–Trinajstić information content (AvgIpc) is 2.38. The molecule has 0 aliphatic carbocycles. The van der Waals surface area contributed by atoms with Crippen molar-refractivity contribution >= 4 is 0 Å². The predicted molar refractivity (Wildman–Crippen MR) is 70.5 cm³/mol. The monoisotopic (exact) mass is 336 g/mol. The molecule has 7 heteroatoms. The second-order valence-corrected chi connectivity index (χ2v) is 5.12. The predicted octanol–water partition coefficient (Wildman–Crippen LogP) is 5.54. The molecule has 0 N–H and O–H groups in total. The Bertz CT molecular complexity index is 667. The molecule has 2 aromatic rings. The average molecular weight is 336 g/mol. The van der Waals surface area contributed by atoms with Gasteiger partial charge in [-0.2, -0.15) is 26.3 Å². The highest BCUT2D eigenvalue weighted by atomic mass is 19.4. The molecule has 0 saturated heterocycles. The van der Waals surface area contributed by atoms with Crippen LogP contribution in [0.2, 0.25) is 0 Å². The fourth-order valence-corrected chi connectivity index (χ4v) is 2.51. The third-order valence-electron chi connectivity index (χ3n) is 3.59. The van der Waals surface area contributed by atoms with E-state index >= 15 is 0 Å². The van der Waals surface area contributed by atoms with Crippen molar-refractivity contribution in [3.63, 3.8) is 0 Å². The van der Waals surface area contributed by atoms with E-state index in [2.05, 4.69) is 0 Å². The van der Waals surface area contributed by atoms with Gasteiger partial charge in [0.2, 0.25) is 5.41 Å². The van der Waals surface area contributed by atoms with E-state index in [1.807, 2.05) is 0 Å². The van der Waals surface area contributed by atoms with Crippen LogP contribution in [0.5, 0.6) is 0 Å². The number of hydrogen-bond acceptors (Lipinski definition) is 0. The molecule has 124 valence electrons. The maximum atomic E-state index is 13.6. The number of hydrogen-bond donors (Lipinski definition) is 0. The Kier molecular flexibility index (Phi) is 4.17. The third kappa shape index (κ3) is 2.80. The summed E-state index contributed by atoms with van der Waals surface area (Å²) in [4.78, 5) is 0. The molecule has 0 nitrogen and oxygen atoms in total. The van der Waals surface area contributed by atoms with Gasteiger partial charge in [-0.05, 0) is 30.2 Å². The van der Waals surface area contributed by atoms with E-state index in [-0.39, 0.29) is 6.07 Å². The van der Waals surface area contributed by atoms with Gasteiger partial charge < -0.3 is 0 Å². The van der Waals surface area contributed by atoms with Gasteiger partial charge in [-0.3, -0.25) is 0 Å². The highest BCUT2D eigenvalue weighted by Gasteiger charge is 2.72. The zero-order valence-corrected chi connectivity index (χ0v) is 11.8. The highest BCUT2D eigenvalue weighted by molar-refractivity contribution is 5.44. The van der Waals surface area contributed by atoms with Gasteiger partial charge in [-0.15, -0.1) is 0 Å². The van der Waals surface area contributed by atoms with Gasteiger partial charge in [0.05, 0.1) is 0 Å². The van der Waals surface area contributed by atoms with E-state index in [4.69, 9.17) is 0 Å². The van der Waals surface area contributed by atoms with E-state index in [9.17, 15) is 30.7 Å². The lowest BCUT2D eigenvalue weighted by Gasteiger charge is -2.38. The molecule has 2 aromatic carbocycles. The summed E-state index contributed by atoms with van der Waals surface area (Å²) >= 11 is 0.